The van der Waals surface area contributed by atoms with E-state index in [0.29, 0.717) is 23.9 Å². The normalized spacial score (nSPS) is 13.9. The third kappa shape index (κ3) is 3.72. The van der Waals surface area contributed by atoms with Crippen molar-refractivity contribution in [2.24, 2.45) is 5.92 Å². The Morgan fingerprint density at radius 2 is 2.12 bits per heavy atom. The van der Waals surface area contributed by atoms with Crippen LogP contribution in [0.5, 0.6) is 0 Å². The first kappa shape index (κ1) is 14.5. The van der Waals surface area contributed by atoms with Gasteiger partial charge in [-0.25, -0.2) is 13.1 Å². The maximum Gasteiger partial charge on any atom is 0.244 e. The zero-order valence-electron chi connectivity index (χ0n) is 10.6. The summed E-state index contributed by atoms with van der Waals surface area (Å²) in [6, 6.07) is 0. The minimum Gasteiger partial charge on any atom is -0.281 e. The predicted molar refractivity (Wildman–Crippen MR) is 70.8 cm³/mol. The Labute approximate surface area is 107 Å². The first-order chi connectivity index (χ1) is 7.88. The number of sulfonamides is 1. The van der Waals surface area contributed by atoms with Gasteiger partial charge in [-0.2, -0.15) is 16.9 Å². The average molecular weight is 277 g/mol. The number of hydrogen-bond acceptors (Lipinski definition) is 4. The summed E-state index contributed by atoms with van der Waals surface area (Å²) in [5.74, 6) is 1.25. The van der Waals surface area contributed by atoms with Gasteiger partial charge in [0.05, 0.1) is 11.4 Å². The van der Waals surface area contributed by atoms with Crippen LogP contribution in [0.4, 0.5) is 0 Å². The number of rotatable bonds is 6. The van der Waals surface area contributed by atoms with Gasteiger partial charge in [0.1, 0.15) is 4.90 Å². The van der Waals surface area contributed by atoms with E-state index in [4.69, 9.17) is 0 Å². The highest BCUT2D eigenvalue weighted by Gasteiger charge is 2.22. The van der Waals surface area contributed by atoms with Crippen LogP contribution in [0.2, 0.25) is 0 Å². The smallest absolute Gasteiger partial charge is 0.244 e. The van der Waals surface area contributed by atoms with Crippen molar-refractivity contribution in [2.45, 2.75) is 25.7 Å². The Kier molecular flexibility index (Phi) is 5.03. The summed E-state index contributed by atoms with van der Waals surface area (Å²) >= 11 is 1.71. The van der Waals surface area contributed by atoms with Crippen LogP contribution in [-0.2, 0) is 10.0 Å². The molecule has 0 saturated heterocycles. The first-order valence-corrected chi connectivity index (χ1v) is 8.26. The molecule has 7 heteroatoms. The molecule has 1 atom stereocenters. The van der Waals surface area contributed by atoms with Crippen molar-refractivity contribution in [3.63, 3.8) is 0 Å². The largest absolute Gasteiger partial charge is 0.281 e. The highest BCUT2D eigenvalue weighted by Crippen LogP contribution is 2.16. The van der Waals surface area contributed by atoms with Gasteiger partial charge in [-0.05, 0) is 31.8 Å². The van der Waals surface area contributed by atoms with Gasteiger partial charge in [-0.15, -0.1) is 0 Å². The molecule has 0 fully saturated rings. The van der Waals surface area contributed by atoms with Crippen LogP contribution in [0, 0.1) is 19.8 Å². The second-order valence-electron chi connectivity index (χ2n) is 4.18. The molecule has 0 aliphatic carbocycles. The molecule has 0 amide bonds. The summed E-state index contributed by atoms with van der Waals surface area (Å²) in [4.78, 5) is 0.272. The van der Waals surface area contributed by atoms with Gasteiger partial charge in [-0.1, -0.05) is 6.92 Å². The van der Waals surface area contributed by atoms with Gasteiger partial charge in [0.2, 0.25) is 10.0 Å². The van der Waals surface area contributed by atoms with Gasteiger partial charge >= 0.3 is 0 Å². The molecule has 1 aromatic rings. The van der Waals surface area contributed by atoms with Crippen LogP contribution in [-0.4, -0.2) is 37.2 Å². The highest BCUT2D eigenvalue weighted by atomic mass is 32.2. The Morgan fingerprint density at radius 3 is 2.59 bits per heavy atom. The molecule has 0 aromatic carbocycles. The maximum absolute atomic E-state index is 12.1. The molecule has 1 unspecified atom stereocenters. The second-order valence-corrected chi connectivity index (χ2v) is 6.79. The van der Waals surface area contributed by atoms with Crippen LogP contribution >= 0.6 is 11.8 Å². The lowest BCUT2D eigenvalue weighted by Gasteiger charge is -2.11. The van der Waals surface area contributed by atoms with E-state index in [1.165, 1.54) is 0 Å². The van der Waals surface area contributed by atoms with E-state index in [0.717, 1.165) is 5.75 Å². The number of nitrogens with zero attached hydrogens (tertiary/aromatic N) is 1. The van der Waals surface area contributed by atoms with Crippen LogP contribution in [0.25, 0.3) is 0 Å². The molecule has 0 spiro atoms. The Morgan fingerprint density at radius 1 is 1.47 bits per heavy atom. The Balaban J connectivity index is 2.76. The molecule has 98 valence electrons. The van der Waals surface area contributed by atoms with Crippen LogP contribution < -0.4 is 4.72 Å². The van der Waals surface area contributed by atoms with Gasteiger partial charge in [-0.3, -0.25) is 5.10 Å². The third-order valence-corrected chi connectivity index (χ3v) is 4.99. The van der Waals surface area contributed by atoms with Crippen LogP contribution in [0.1, 0.15) is 18.3 Å². The van der Waals surface area contributed by atoms with Crippen LogP contribution in [0.15, 0.2) is 4.90 Å². The molecule has 1 rings (SSSR count). The molecular weight excluding hydrogens is 258 g/mol. The van der Waals surface area contributed by atoms with Gasteiger partial charge in [0, 0.05) is 6.54 Å². The fourth-order valence-corrected chi connectivity index (χ4v) is 3.82. The molecule has 0 aliphatic rings. The number of nitrogens with one attached hydrogen (secondary N) is 2. The number of aromatic amines is 1. The lowest BCUT2D eigenvalue weighted by Crippen LogP contribution is -2.29. The molecule has 5 nitrogen and oxygen atoms in total. The summed E-state index contributed by atoms with van der Waals surface area (Å²) in [5, 5.41) is 6.58. The molecule has 1 aromatic heterocycles. The SMILES string of the molecule is CSCC(C)CNS(=O)(=O)c1c(C)n[nH]c1C. The Bertz CT molecular complexity index is 448. The average Bonchev–Trinajstić information content (AvgIpc) is 2.57. The zero-order valence-corrected chi connectivity index (χ0v) is 12.2. The fourth-order valence-electron chi connectivity index (χ4n) is 1.60. The summed E-state index contributed by atoms with van der Waals surface area (Å²) < 4.78 is 26.8. The summed E-state index contributed by atoms with van der Waals surface area (Å²) in [7, 11) is -3.44. The molecule has 1 heterocycles. The van der Waals surface area contributed by atoms with E-state index in [2.05, 4.69) is 14.9 Å². The number of aromatic nitrogens is 2. The molecule has 0 aliphatic heterocycles. The molecular formula is C10H19N3O2S2. The number of aryl methyl sites for hydroxylation is 2. The molecule has 2 N–H and O–H groups in total. The topological polar surface area (TPSA) is 74.8 Å². The highest BCUT2D eigenvalue weighted by molar-refractivity contribution is 7.98. The van der Waals surface area contributed by atoms with Gasteiger partial charge in [0.15, 0.2) is 0 Å². The predicted octanol–water partition coefficient (Wildman–Crippen LogP) is 1.30. The maximum atomic E-state index is 12.1. The molecule has 0 saturated carbocycles. The summed E-state index contributed by atoms with van der Waals surface area (Å²) in [5.41, 5.74) is 1.08. The van der Waals surface area contributed by atoms with Crippen LogP contribution in [0.3, 0.4) is 0 Å². The van der Waals surface area contributed by atoms with E-state index >= 15 is 0 Å². The zero-order chi connectivity index (χ0) is 13.1. The van der Waals surface area contributed by atoms with Crippen molar-refractivity contribution >= 4 is 21.8 Å². The lowest BCUT2D eigenvalue weighted by molar-refractivity contribution is 0.561. The number of H-pyrrole nitrogens is 1. The standard InChI is InChI=1S/C10H19N3O2S2/c1-7(6-16-4)5-11-17(14,15)10-8(2)12-13-9(10)3/h7,11H,5-6H2,1-4H3,(H,12,13). The molecule has 0 bridgehead atoms. The van der Waals surface area contributed by atoms with E-state index in [1.54, 1.807) is 25.6 Å². The monoisotopic (exact) mass is 277 g/mol. The summed E-state index contributed by atoms with van der Waals surface area (Å²) in [6.45, 7) is 5.87. The Hall–Kier alpha value is -0.530. The van der Waals surface area contributed by atoms with Gasteiger partial charge in [0.25, 0.3) is 0 Å². The first-order valence-electron chi connectivity index (χ1n) is 5.38. The van der Waals surface area contributed by atoms with Crippen molar-refractivity contribution in [3.05, 3.63) is 11.4 Å². The van der Waals surface area contributed by atoms with Crippen molar-refractivity contribution in [2.75, 3.05) is 18.6 Å². The van der Waals surface area contributed by atoms with E-state index in [-0.39, 0.29) is 4.90 Å². The van der Waals surface area contributed by atoms with Crippen molar-refractivity contribution in [1.29, 1.82) is 0 Å². The number of hydrogen-bond donors (Lipinski definition) is 2. The van der Waals surface area contributed by atoms with E-state index < -0.39 is 10.0 Å². The molecule has 17 heavy (non-hydrogen) atoms. The molecule has 0 radical (unpaired) electrons. The minimum atomic E-state index is -3.44. The van der Waals surface area contributed by atoms with Gasteiger partial charge < -0.3 is 0 Å². The second kappa shape index (κ2) is 5.88. The third-order valence-electron chi connectivity index (χ3n) is 2.40. The van der Waals surface area contributed by atoms with Crippen molar-refractivity contribution in [3.8, 4) is 0 Å². The quantitative estimate of drug-likeness (QED) is 0.822. The summed E-state index contributed by atoms with van der Waals surface area (Å²) in [6.07, 6.45) is 2.01. The fraction of sp³-hybridized carbons (Fsp3) is 0.700. The van der Waals surface area contributed by atoms with E-state index in [1.807, 2.05) is 13.2 Å². The van der Waals surface area contributed by atoms with Crippen molar-refractivity contribution in [1.82, 2.24) is 14.9 Å². The lowest BCUT2D eigenvalue weighted by atomic mass is 10.2. The number of thioether (sulfide) groups is 1. The van der Waals surface area contributed by atoms with Crippen molar-refractivity contribution < 1.29 is 8.42 Å². The minimum absolute atomic E-state index is 0.272. The van der Waals surface area contributed by atoms with E-state index in [9.17, 15) is 8.42 Å².